The SMILES string of the molecule is COc1ccc([C@@H]2CCCN2Cn2ncn(-c3ccccc3)c2=S)cc1. The Balaban J connectivity index is 1.55. The van der Waals surface area contributed by atoms with Crippen LogP contribution in [-0.2, 0) is 6.67 Å². The molecule has 0 bridgehead atoms. The lowest BCUT2D eigenvalue weighted by Gasteiger charge is -2.24. The van der Waals surface area contributed by atoms with Crippen molar-refractivity contribution >= 4 is 12.2 Å². The van der Waals surface area contributed by atoms with E-state index in [0.29, 0.717) is 12.7 Å². The standard InChI is InChI=1S/C20H22N4OS/c1-25-18-11-9-16(10-12-18)19-8-5-13-22(19)15-24-20(26)23(14-21-24)17-6-3-2-4-7-17/h2-4,6-7,9-12,14,19H,5,8,13,15H2,1H3/t19-/m0/s1. The van der Waals surface area contributed by atoms with Crippen LogP contribution < -0.4 is 4.74 Å². The van der Waals surface area contributed by atoms with E-state index in [1.54, 1.807) is 13.4 Å². The van der Waals surface area contributed by atoms with Crippen LogP contribution in [0.2, 0.25) is 0 Å². The first kappa shape index (κ1) is 17.0. The van der Waals surface area contributed by atoms with Crippen molar-refractivity contribution in [2.45, 2.75) is 25.6 Å². The zero-order valence-electron chi connectivity index (χ0n) is 14.8. The molecule has 0 saturated carbocycles. The molecule has 2 heterocycles. The molecule has 0 N–H and O–H groups in total. The van der Waals surface area contributed by atoms with E-state index in [1.807, 2.05) is 51.7 Å². The van der Waals surface area contributed by atoms with E-state index in [2.05, 4.69) is 22.1 Å². The molecule has 0 aliphatic carbocycles. The van der Waals surface area contributed by atoms with Gasteiger partial charge in [0.2, 0.25) is 4.77 Å². The third-order valence-corrected chi connectivity index (χ3v) is 5.36. The van der Waals surface area contributed by atoms with Crippen molar-refractivity contribution in [2.24, 2.45) is 0 Å². The summed E-state index contributed by atoms with van der Waals surface area (Å²) in [6.07, 6.45) is 4.14. The maximum atomic E-state index is 5.65. The Labute approximate surface area is 158 Å². The van der Waals surface area contributed by atoms with E-state index in [4.69, 9.17) is 17.0 Å². The van der Waals surface area contributed by atoms with Gasteiger partial charge in [0.25, 0.3) is 0 Å². The van der Waals surface area contributed by atoms with Crippen molar-refractivity contribution in [1.82, 2.24) is 19.2 Å². The summed E-state index contributed by atoms with van der Waals surface area (Å²) in [6.45, 7) is 1.76. The molecule has 0 unspecified atom stereocenters. The van der Waals surface area contributed by atoms with Crippen molar-refractivity contribution in [3.05, 3.63) is 71.3 Å². The largest absolute Gasteiger partial charge is 0.497 e. The molecule has 0 spiro atoms. The van der Waals surface area contributed by atoms with E-state index in [1.165, 1.54) is 12.0 Å². The van der Waals surface area contributed by atoms with Gasteiger partial charge in [-0.3, -0.25) is 9.47 Å². The minimum absolute atomic E-state index is 0.393. The van der Waals surface area contributed by atoms with Crippen molar-refractivity contribution < 1.29 is 4.74 Å². The van der Waals surface area contributed by atoms with Gasteiger partial charge in [-0.2, -0.15) is 5.10 Å². The third kappa shape index (κ3) is 3.30. The number of methoxy groups -OCH3 is 1. The lowest BCUT2D eigenvalue weighted by molar-refractivity contribution is 0.190. The van der Waals surface area contributed by atoms with Crippen LogP contribution in [0.4, 0.5) is 0 Å². The van der Waals surface area contributed by atoms with Crippen LogP contribution in [0, 0.1) is 4.77 Å². The zero-order valence-corrected chi connectivity index (χ0v) is 15.6. The molecular weight excluding hydrogens is 344 g/mol. The van der Waals surface area contributed by atoms with E-state index >= 15 is 0 Å². The second kappa shape index (κ2) is 7.43. The molecule has 2 aromatic carbocycles. The van der Waals surface area contributed by atoms with Gasteiger partial charge in [0.05, 0.1) is 13.8 Å². The van der Waals surface area contributed by atoms with Crippen molar-refractivity contribution in [3.63, 3.8) is 0 Å². The minimum Gasteiger partial charge on any atom is -0.497 e. The minimum atomic E-state index is 0.393. The number of hydrogen-bond acceptors (Lipinski definition) is 4. The maximum Gasteiger partial charge on any atom is 0.203 e. The molecule has 0 radical (unpaired) electrons. The molecule has 26 heavy (non-hydrogen) atoms. The second-order valence-electron chi connectivity index (χ2n) is 6.50. The van der Waals surface area contributed by atoms with Crippen molar-refractivity contribution in [2.75, 3.05) is 13.7 Å². The van der Waals surface area contributed by atoms with Gasteiger partial charge in [-0.15, -0.1) is 0 Å². The van der Waals surface area contributed by atoms with E-state index in [9.17, 15) is 0 Å². The van der Waals surface area contributed by atoms with Gasteiger partial charge in [-0.1, -0.05) is 30.3 Å². The first-order valence-corrected chi connectivity index (χ1v) is 9.25. The molecule has 0 amide bonds. The number of rotatable bonds is 5. The van der Waals surface area contributed by atoms with Gasteiger partial charge in [0.1, 0.15) is 12.1 Å². The number of aromatic nitrogens is 3. The molecule has 1 aliphatic rings. The second-order valence-corrected chi connectivity index (χ2v) is 6.87. The first-order valence-electron chi connectivity index (χ1n) is 8.84. The highest BCUT2D eigenvalue weighted by atomic mass is 32.1. The zero-order chi connectivity index (χ0) is 17.9. The molecule has 1 atom stereocenters. The summed E-state index contributed by atoms with van der Waals surface area (Å²) < 4.78 is 9.85. The Morgan fingerprint density at radius 3 is 2.62 bits per heavy atom. The van der Waals surface area contributed by atoms with Crippen LogP contribution in [0.15, 0.2) is 60.9 Å². The summed E-state index contributed by atoms with van der Waals surface area (Å²) in [6, 6.07) is 18.9. The number of nitrogens with zero attached hydrogens (tertiary/aromatic N) is 4. The molecule has 1 aliphatic heterocycles. The Bertz CT molecular complexity index is 917. The molecule has 134 valence electrons. The lowest BCUT2D eigenvalue weighted by atomic mass is 10.0. The van der Waals surface area contributed by atoms with E-state index in [0.717, 1.165) is 29.2 Å². The van der Waals surface area contributed by atoms with Gasteiger partial charge in [-0.25, -0.2) is 4.68 Å². The van der Waals surface area contributed by atoms with Crippen LogP contribution in [0.25, 0.3) is 5.69 Å². The first-order chi connectivity index (χ1) is 12.8. The molecule has 1 fully saturated rings. The summed E-state index contributed by atoms with van der Waals surface area (Å²) in [4.78, 5) is 2.44. The Hall–Kier alpha value is -2.44. The van der Waals surface area contributed by atoms with Gasteiger partial charge in [0.15, 0.2) is 0 Å². The summed E-state index contributed by atoms with van der Waals surface area (Å²) in [5.41, 5.74) is 2.36. The number of ether oxygens (including phenoxy) is 1. The average molecular weight is 366 g/mol. The van der Waals surface area contributed by atoms with Crippen LogP contribution in [0.1, 0.15) is 24.4 Å². The highest BCUT2D eigenvalue weighted by Gasteiger charge is 2.26. The predicted octanol–water partition coefficient (Wildman–Crippen LogP) is 4.21. The van der Waals surface area contributed by atoms with Crippen LogP contribution in [-0.4, -0.2) is 32.9 Å². The van der Waals surface area contributed by atoms with Crippen LogP contribution in [0.5, 0.6) is 5.75 Å². The fourth-order valence-electron chi connectivity index (χ4n) is 3.57. The molecular formula is C20H22N4OS. The predicted molar refractivity (Wildman–Crippen MR) is 104 cm³/mol. The number of likely N-dealkylation sites (tertiary alicyclic amines) is 1. The molecule has 5 nitrogen and oxygen atoms in total. The number of hydrogen-bond donors (Lipinski definition) is 0. The van der Waals surface area contributed by atoms with Crippen molar-refractivity contribution in [1.29, 1.82) is 0 Å². The highest BCUT2D eigenvalue weighted by Crippen LogP contribution is 2.33. The fourth-order valence-corrected chi connectivity index (χ4v) is 3.83. The van der Waals surface area contributed by atoms with Gasteiger partial charge in [0, 0.05) is 18.3 Å². The number of para-hydroxylation sites is 1. The van der Waals surface area contributed by atoms with Crippen LogP contribution in [0.3, 0.4) is 0 Å². The topological polar surface area (TPSA) is 35.2 Å². The van der Waals surface area contributed by atoms with E-state index in [-0.39, 0.29) is 0 Å². The van der Waals surface area contributed by atoms with Crippen molar-refractivity contribution in [3.8, 4) is 11.4 Å². The monoisotopic (exact) mass is 366 g/mol. The van der Waals surface area contributed by atoms with E-state index < -0.39 is 0 Å². The molecule has 3 aromatic rings. The lowest BCUT2D eigenvalue weighted by Crippen LogP contribution is -2.27. The fraction of sp³-hybridized carbons (Fsp3) is 0.300. The Morgan fingerprint density at radius 1 is 1.12 bits per heavy atom. The summed E-state index contributed by atoms with van der Waals surface area (Å²) in [5.74, 6) is 0.891. The van der Waals surface area contributed by atoms with Gasteiger partial charge in [-0.05, 0) is 54.9 Å². The highest BCUT2D eigenvalue weighted by molar-refractivity contribution is 7.71. The third-order valence-electron chi connectivity index (χ3n) is 4.95. The molecule has 1 aromatic heterocycles. The van der Waals surface area contributed by atoms with Crippen LogP contribution >= 0.6 is 12.2 Å². The maximum absolute atomic E-state index is 5.65. The number of benzene rings is 2. The molecule has 6 heteroatoms. The summed E-state index contributed by atoms with van der Waals surface area (Å²) >= 11 is 5.65. The Kier molecular flexibility index (Phi) is 4.86. The smallest absolute Gasteiger partial charge is 0.203 e. The van der Waals surface area contributed by atoms with Gasteiger partial charge >= 0.3 is 0 Å². The molecule has 4 rings (SSSR count). The summed E-state index contributed by atoms with van der Waals surface area (Å²) in [5, 5.41) is 4.52. The summed E-state index contributed by atoms with van der Waals surface area (Å²) in [7, 11) is 1.70. The normalized spacial score (nSPS) is 17.5. The average Bonchev–Trinajstić information content (AvgIpc) is 3.30. The molecule has 1 saturated heterocycles. The quantitative estimate of drug-likeness (QED) is 0.634. The van der Waals surface area contributed by atoms with Gasteiger partial charge < -0.3 is 4.74 Å². The Morgan fingerprint density at radius 2 is 1.88 bits per heavy atom.